The lowest BCUT2D eigenvalue weighted by molar-refractivity contribution is 1.40. The number of nitrogens with one attached hydrogen (secondary N) is 1. The average molecular weight is 281 g/mol. The zero-order chi connectivity index (χ0) is 13.2. The van der Waals surface area contributed by atoms with Crippen molar-refractivity contribution in [1.82, 2.24) is 4.98 Å². The third-order valence-electron chi connectivity index (χ3n) is 3.05. The van der Waals surface area contributed by atoms with Gasteiger partial charge in [0.25, 0.3) is 0 Å². The summed E-state index contributed by atoms with van der Waals surface area (Å²) in [5, 5.41) is 1.02. The summed E-state index contributed by atoms with van der Waals surface area (Å²) in [6, 6.07) is 20.0. The highest BCUT2D eigenvalue weighted by Gasteiger charge is 2.01. The molecule has 0 spiro atoms. The molecule has 0 aliphatic rings. The highest BCUT2D eigenvalue weighted by molar-refractivity contribution is 7.72. The van der Waals surface area contributed by atoms with Gasteiger partial charge in [0.1, 0.15) is 4.64 Å². The first-order valence-electron chi connectivity index (χ1n) is 5.97. The van der Waals surface area contributed by atoms with Gasteiger partial charge in [0.05, 0.1) is 0 Å². The highest BCUT2D eigenvalue weighted by atomic mass is 32.1. The predicted octanol–water partition coefficient (Wildman–Crippen LogP) is 5.29. The van der Waals surface area contributed by atoms with Gasteiger partial charge < -0.3 is 4.98 Å². The van der Waals surface area contributed by atoms with Gasteiger partial charge in [0.2, 0.25) is 0 Å². The minimum Gasteiger partial charge on any atom is -0.346 e. The summed E-state index contributed by atoms with van der Waals surface area (Å²) in [7, 11) is 0. The quantitative estimate of drug-likeness (QED) is 0.610. The van der Waals surface area contributed by atoms with Crippen molar-refractivity contribution in [2.45, 2.75) is 0 Å². The number of aromatic nitrogens is 1. The molecule has 1 heterocycles. The third-order valence-corrected chi connectivity index (χ3v) is 3.71. The summed E-state index contributed by atoms with van der Waals surface area (Å²) in [5.74, 6) is 0. The van der Waals surface area contributed by atoms with Gasteiger partial charge in [-0.05, 0) is 17.7 Å². The minimum absolute atomic E-state index is 0.707. The van der Waals surface area contributed by atoms with E-state index in [1.807, 2.05) is 60.7 Å². The van der Waals surface area contributed by atoms with Crippen LogP contribution in [0.2, 0.25) is 0 Å². The number of rotatable bonds is 1. The van der Waals surface area contributed by atoms with Gasteiger partial charge in [-0.3, -0.25) is 0 Å². The van der Waals surface area contributed by atoms with Crippen LogP contribution < -0.4 is 0 Å². The SMILES string of the molecule is S=c1[nH]c2ccccc2c(=S)cc1-c1ccccc1. The molecule has 1 N–H and O–H groups in total. The summed E-state index contributed by atoms with van der Waals surface area (Å²) in [4.78, 5) is 3.28. The van der Waals surface area contributed by atoms with Crippen LogP contribution in [-0.4, -0.2) is 4.98 Å². The van der Waals surface area contributed by atoms with E-state index in [0.717, 1.165) is 26.5 Å². The maximum Gasteiger partial charge on any atom is 0.111 e. The lowest BCUT2D eigenvalue weighted by Gasteiger charge is -1.97. The fourth-order valence-electron chi connectivity index (χ4n) is 2.10. The van der Waals surface area contributed by atoms with E-state index in [0.29, 0.717) is 4.64 Å². The van der Waals surface area contributed by atoms with E-state index >= 15 is 0 Å². The molecule has 92 valence electrons. The topological polar surface area (TPSA) is 15.8 Å². The van der Waals surface area contributed by atoms with Gasteiger partial charge >= 0.3 is 0 Å². The molecule has 19 heavy (non-hydrogen) atoms. The van der Waals surface area contributed by atoms with Crippen LogP contribution in [0.4, 0.5) is 0 Å². The molecule has 0 atom stereocenters. The van der Waals surface area contributed by atoms with Crippen LogP contribution in [0.15, 0.2) is 60.7 Å². The van der Waals surface area contributed by atoms with Gasteiger partial charge in [-0.15, -0.1) is 0 Å². The van der Waals surface area contributed by atoms with Crippen molar-refractivity contribution < 1.29 is 0 Å². The normalized spacial score (nSPS) is 10.5. The molecule has 0 bridgehead atoms. The monoisotopic (exact) mass is 281 g/mol. The van der Waals surface area contributed by atoms with Crippen LogP contribution >= 0.6 is 24.4 Å². The van der Waals surface area contributed by atoms with Crippen molar-refractivity contribution in [3.05, 3.63) is 69.8 Å². The molecule has 0 radical (unpaired) electrons. The molecule has 3 heteroatoms. The summed E-state index contributed by atoms with van der Waals surface area (Å²) in [5.41, 5.74) is 3.02. The van der Waals surface area contributed by atoms with Crippen LogP contribution in [0.3, 0.4) is 0 Å². The molecule has 3 aromatic rings. The zero-order valence-electron chi connectivity index (χ0n) is 10.1. The Morgan fingerprint density at radius 3 is 2.26 bits per heavy atom. The molecule has 2 aromatic carbocycles. The number of hydrogen-bond donors (Lipinski definition) is 1. The van der Waals surface area contributed by atoms with E-state index in [2.05, 4.69) is 4.98 Å². The second-order valence-corrected chi connectivity index (χ2v) is 5.14. The zero-order valence-corrected chi connectivity index (χ0v) is 11.7. The molecule has 0 fully saturated rings. The number of benzene rings is 2. The first-order valence-corrected chi connectivity index (χ1v) is 6.79. The Labute approximate surface area is 121 Å². The molecule has 0 saturated carbocycles. The van der Waals surface area contributed by atoms with Crippen LogP contribution in [0.1, 0.15) is 0 Å². The van der Waals surface area contributed by atoms with Crippen molar-refractivity contribution >= 4 is 35.3 Å². The Balaban J connectivity index is 2.44. The molecule has 0 aliphatic carbocycles. The average Bonchev–Trinajstić information content (AvgIpc) is 2.57. The van der Waals surface area contributed by atoms with Crippen LogP contribution in [-0.2, 0) is 0 Å². The van der Waals surface area contributed by atoms with E-state index in [1.165, 1.54) is 0 Å². The lowest BCUT2D eigenvalue weighted by Crippen LogP contribution is -1.77. The largest absolute Gasteiger partial charge is 0.346 e. The van der Waals surface area contributed by atoms with Gasteiger partial charge in [-0.1, -0.05) is 73.0 Å². The van der Waals surface area contributed by atoms with Crippen molar-refractivity contribution in [2.24, 2.45) is 0 Å². The fraction of sp³-hybridized carbons (Fsp3) is 0. The second kappa shape index (κ2) is 5.03. The molecule has 1 aromatic heterocycles. The van der Waals surface area contributed by atoms with Crippen molar-refractivity contribution in [2.75, 3.05) is 0 Å². The molecule has 0 saturated heterocycles. The number of aromatic amines is 1. The van der Waals surface area contributed by atoms with Gasteiger partial charge in [0, 0.05) is 21.0 Å². The van der Waals surface area contributed by atoms with E-state index in [9.17, 15) is 0 Å². The van der Waals surface area contributed by atoms with Gasteiger partial charge in [-0.2, -0.15) is 0 Å². The Morgan fingerprint density at radius 1 is 0.789 bits per heavy atom. The van der Waals surface area contributed by atoms with Crippen LogP contribution in [0, 0.1) is 9.15 Å². The van der Waals surface area contributed by atoms with Crippen molar-refractivity contribution in [3.8, 4) is 11.1 Å². The Hall–Kier alpha value is -1.84. The van der Waals surface area contributed by atoms with Crippen molar-refractivity contribution in [3.63, 3.8) is 0 Å². The predicted molar refractivity (Wildman–Crippen MR) is 85.4 cm³/mol. The second-order valence-electron chi connectivity index (χ2n) is 4.29. The molecular formula is C16H11NS2. The Morgan fingerprint density at radius 2 is 1.47 bits per heavy atom. The van der Waals surface area contributed by atoms with Gasteiger partial charge in [0.15, 0.2) is 0 Å². The number of H-pyrrole nitrogens is 1. The maximum atomic E-state index is 5.50. The van der Waals surface area contributed by atoms with E-state index < -0.39 is 0 Å². The van der Waals surface area contributed by atoms with Crippen molar-refractivity contribution in [1.29, 1.82) is 0 Å². The maximum absolute atomic E-state index is 5.50. The van der Waals surface area contributed by atoms with E-state index in [1.54, 1.807) is 0 Å². The minimum atomic E-state index is 0.707. The Bertz CT molecular complexity index is 851. The smallest absolute Gasteiger partial charge is 0.111 e. The molecule has 3 rings (SSSR count). The van der Waals surface area contributed by atoms with E-state index in [4.69, 9.17) is 24.4 Å². The standard InChI is InChI=1S/C16H11NS2/c18-15-10-13(11-6-2-1-3-7-11)16(19)17-14-9-5-4-8-12(14)15/h1-10H,(H,17,19). The molecular weight excluding hydrogens is 270 g/mol. The number of fused-ring (bicyclic) bond motifs is 1. The molecule has 0 amide bonds. The first-order chi connectivity index (χ1) is 9.25. The summed E-state index contributed by atoms with van der Waals surface area (Å²) in [6.45, 7) is 0. The van der Waals surface area contributed by atoms with Gasteiger partial charge in [-0.25, -0.2) is 0 Å². The summed E-state index contributed by atoms with van der Waals surface area (Å²) < 4.78 is 1.51. The number of hydrogen-bond acceptors (Lipinski definition) is 2. The number of para-hydroxylation sites is 1. The van der Waals surface area contributed by atoms with Crippen LogP contribution in [0.25, 0.3) is 22.0 Å². The molecule has 0 aliphatic heterocycles. The lowest BCUT2D eigenvalue weighted by atomic mass is 10.1. The highest BCUT2D eigenvalue weighted by Crippen LogP contribution is 2.22. The Kier molecular flexibility index (Phi) is 3.23. The van der Waals surface area contributed by atoms with E-state index in [-0.39, 0.29) is 0 Å². The summed E-state index contributed by atoms with van der Waals surface area (Å²) in [6.07, 6.45) is 0. The molecule has 1 nitrogen and oxygen atoms in total. The third kappa shape index (κ3) is 2.35. The molecule has 0 unspecified atom stereocenters. The van der Waals surface area contributed by atoms with Crippen LogP contribution in [0.5, 0.6) is 0 Å². The fourth-order valence-corrected chi connectivity index (χ4v) is 2.69. The summed E-state index contributed by atoms with van der Waals surface area (Å²) >= 11 is 11.0. The first kappa shape index (κ1) is 12.2.